The summed E-state index contributed by atoms with van der Waals surface area (Å²) in [6.07, 6.45) is 24.3. The number of para-hydroxylation sites is 1. The normalized spacial score (nSPS) is 11.5. The van der Waals surface area contributed by atoms with Crippen LogP contribution < -0.4 is 0 Å². The number of phenols is 2. The van der Waals surface area contributed by atoms with E-state index in [-0.39, 0.29) is 11.5 Å². The second-order valence-electron chi connectivity index (χ2n) is 10.5. The number of aryl methyl sites for hydroxylation is 1. The molecule has 0 amide bonds. The van der Waals surface area contributed by atoms with Crippen LogP contribution in [-0.4, -0.2) is 15.2 Å². The Bertz CT molecular complexity index is 1100. The third-order valence-corrected chi connectivity index (χ3v) is 8.12. The predicted molar refractivity (Wildman–Crippen MR) is 165 cm³/mol. The van der Waals surface area contributed by atoms with Crippen molar-refractivity contribution in [3.8, 4) is 22.1 Å². The highest BCUT2D eigenvalue weighted by atomic mass is 32.1. The lowest BCUT2D eigenvalue weighted by atomic mass is 9.98. The Hall–Kier alpha value is -2.73. The van der Waals surface area contributed by atoms with Gasteiger partial charge in [-0.3, -0.25) is 0 Å². The topological polar surface area (TPSA) is 78.1 Å². The van der Waals surface area contributed by atoms with Crippen LogP contribution in [0.4, 0.5) is 11.4 Å². The van der Waals surface area contributed by atoms with Gasteiger partial charge in [0.05, 0.1) is 0 Å². The fourth-order valence-electron chi connectivity index (χ4n) is 5.03. The molecule has 0 bridgehead atoms. The quantitative estimate of drug-likeness (QED) is 0.109. The van der Waals surface area contributed by atoms with Crippen molar-refractivity contribution in [1.29, 1.82) is 0 Å². The maximum atomic E-state index is 10.6. The smallest absolute Gasteiger partial charge is 0.143 e. The highest BCUT2D eigenvalue weighted by molar-refractivity contribution is 7.13. The number of benzene rings is 2. The number of azo groups is 1. The van der Waals surface area contributed by atoms with Gasteiger partial charge < -0.3 is 10.2 Å². The number of aromatic nitrogens is 1. The van der Waals surface area contributed by atoms with Crippen LogP contribution in [0.15, 0.2) is 58.2 Å². The zero-order chi connectivity index (χ0) is 27.5. The summed E-state index contributed by atoms with van der Waals surface area (Å²) in [5.41, 5.74) is 2.73. The minimum Gasteiger partial charge on any atom is -0.506 e. The number of phenolic OH excluding ortho intramolecular Hbond substituents is 2. The molecule has 5 nitrogen and oxygen atoms in total. The summed E-state index contributed by atoms with van der Waals surface area (Å²) in [6, 6.07) is 10.5. The molecule has 0 aliphatic rings. The molecule has 0 saturated heterocycles. The van der Waals surface area contributed by atoms with Gasteiger partial charge >= 0.3 is 0 Å². The van der Waals surface area contributed by atoms with E-state index in [4.69, 9.17) is 0 Å². The predicted octanol–water partition coefficient (Wildman–Crippen LogP) is 11.4. The second kappa shape index (κ2) is 18.5. The summed E-state index contributed by atoms with van der Waals surface area (Å²) in [4.78, 5) is 4.50. The minimum atomic E-state index is 0.0564. The van der Waals surface area contributed by atoms with Crippen molar-refractivity contribution in [2.24, 2.45) is 10.2 Å². The first-order valence-electron chi connectivity index (χ1n) is 15.1. The fraction of sp³-hybridized carbons (Fsp3) is 0.545. The molecule has 0 radical (unpaired) electrons. The second-order valence-corrected chi connectivity index (χ2v) is 11.4. The summed E-state index contributed by atoms with van der Waals surface area (Å²) in [5, 5.41) is 32.0. The highest BCUT2D eigenvalue weighted by Gasteiger charge is 2.17. The number of aromatic hydroxyl groups is 2. The maximum absolute atomic E-state index is 10.6. The van der Waals surface area contributed by atoms with Crippen molar-refractivity contribution in [1.82, 2.24) is 4.98 Å². The Kier molecular flexibility index (Phi) is 14.6. The molecule has 212 valence electrons. The number of hydrogen-bond acceptors (Lipinski definition) is 6. The van der Waals surface area contributed by atoms with Crippen LogP contribution in [0.25, 0.3) is 10.6 Å². The maximum Gasteiger partial charge on any atom is 0.143 e. The van der Waals surface area contributed by atoms with Gasteiger partial charge in [-0.05, 0) is 36.6 Å². The van der Waals surface area contributed by atoms with E-state index >= 15 is 0 Å². The zero-order valence-corrected chi connectivity index (χ0v) is 24.6. The molecule has 1 aromatic heterocycles. The third-order valence-electron chi connectivity index (χ3n) is 7.33. The lowest BCUT2D eigenvalue weighted by Gasteiger charge is -2.12. The molecule has 0 fully saturated rings. The van der Waals surface area contributed by atoms with Gasteiger partial charge in [0.25, 0.3) is 0 Å². The van der Waals surface area contributed by atoms with Crippen LogP contribution >= 0.6 is 11.3 Å². The van der Waals surface area contributed by atoms with E-state index in [1.54, 1.807) is 36.5 Å². The summed E-state index contributed by atoms with van der Waals surface area (Å²) >= 11 is 1.53. The summed E-state index contributed by atoms with van der Waals surface area (Å²) < 4.78 is 0. The number of rotatable bonds is 20. The summed E-state index contributed by atoms with van der Waals surface area (Å²) in [6.45, 7) is 2.28. The lowest BCUT2D eigenvalue weighted by molar-refractivity contribution is 0.474. The van der Waals surface area contributed by atoms with Crippen LogP contribution in [0, 0.1) is 0 Å². The van der Waals surface area contributed by atoms with Crippen LogP contribution in [0.2, 0.25) is 0 Å². The first-order chi connectivity index (χ1) is 19.2. The number of hydrogen-bond donors (Lipinski definition) is 2. The minimum absolute atomic E-state index is 0.0564. The fourth-order valence-corrected chi connectivity index (χ4v) is 5.75. The van der Waals surface area contributed by atoms with Gasteiger partial charge in [-0.1, -0.05) is 121 Å². The van der Waals surface area contributed by atoms with Crippen LogP contribution in [-0.2, 0) is 6.42 Å². The molecule has 39 heavy (non-hydrogen) atoms. The Labute approximate surface area is 239 Å². The van der Waals surface area contributed by atoms with Crippen molar-refractivity contribution >= 4 is 22.7 Å². The number of thiazole rings is 1. The van der Waals surface area contributed by atoms with E-state index in [0.717, 1.165) is 29.0 Å². The van der Waals surface area contributed by atoms with E-state index in [0.29, 0.717) is 11.4 Å². The van der Waals surface area contributed by atoms with Gasteiger partial charge in [-0.2, -0.15) is 0 Å². The molecular formula is C33H47N3O2S. The van der Waals surface area contributed by atoms with E-state index in [9.17, 15) is 10.2 Å². The van der Waals surface area contributed by atoms with Gasteiger partial charge in [0.2, 0.25) is 0 Å². The Morgan fingerprint density at radius 1 is 0.667 bits per heavy atom. The molecule has 0 atom stereocenters. The first-order valence-corrected chi connectivity index (χ1v) is 16.0. The monoisotopic (exact) mass is 549 g/mol. The molecule has 0 aliphatic heterocycles. The molecule has 0 aliphatic carbocycles. The van der Waals surface area contributed by atoms with Crippen LogP contribution in [0.1, 0.15) is 115 Å². The highest BCUT2D eigenvalue weighted by Crippen LogP contribution is 2.43. The van der Waals surface area contributed by atoms with E-state index in [2.05, 4.69) is 22.1 Å². The molecule has 0 unspecified atom stereocenters. The Morgan fingerprint density at radius 3 is 1.82 bits per heavy atom. The van der Waals surface area contributed by atoms with Gasteiger partial charge in [0.1, 0.15) is 27.9 Å². The SMILES string of the molecule is CCCCCCCCCCCCCCCCCCc1ccc(O)c(N=Nc2ccccc2O)c1-c1nccs1. The van der Waals surface area contributed by atoms with Gasteiger partial charge in [0, 0.05) is 17.1 Å². The molecule has 0 saturated carbocycles. The van der Waals surface area contributed by atoms with Gasteiger partial charge in [0.15, 0.2) is 0 Å². The molecule has 3 rings (SSSR count). The Balaban J connectivity index is 1.39. The number of nitrogens with zero attached hydrogens (tertiary/aromatic N) is 3. The van der Waals surface area contributed by atoms with Crippen LogP contribution in [0.3, 0.4) is 0 Å². The molecule has 2 aromatic carbocycles. The summed E-state index contributed by atoms with van der Waals surface area (Å²) in [5.74, 6) is 0.121. The third kappa shape index (κ3) is 11.1. The van der Waals surface area contributed by atoms with Crippen molar-refractivity contribution in [2.45, 2.75) is 116 Å². The first kappa shape index (κ1) is 30.8. The average Bonchev–Trinajstić information content (AvgIpc) is 3.48. The van der Waals surface area contributed by atoms with E-state index < -0.39 is 0 Å². The van der Waals surface area contributed by atoms with Gasteiger partial charge in [-0.15, -0.1) is 21.6 Å². The largest absolute Gasteiger partial charge is 0.506 e. The molecule has 6 heteroatoms. The van der Waals surface area contributed by atoms with Crippen molar-refractivity contribution in [2.75, 3.05) is 0 Å². The molecule has 2 N–H and O–H groups in total. The van der Waals surface area contributed by atoms with Crippen LogP contribution in [0.5, 0.6) is 11.5 Å². The number of unbranched alkanes of at least 4 members (excludes halogenated alkanes) is 15. The van der Waals surface area contributed by atoms with Crippen molar-refractivity contribution in [3.63, 3.8) is 0 Å². The molecule has 0 spiro atoms. The van der Waals surface area contributed by atoms with Crippen molar-refractivity contribution < 1.29 is 10.2 Å². The molecule has 3 aromatic rings. The molecular weight excluding hydrogens is 502 g/mol. The van der Waals surface area contributed by atoms with Gasteiger partial charge in [-0.25, -0.2) is 4.98 Å². The standard InChI is InChI=1S/C33H47N3O2S/c1-2-3-4-5-6-7-8-9-10-11-12-13-14-15-16-17-20-27-23-24-30(38)32(31(27)33-34-25-26-39-33)36-35-28-21-18-19-22-29(28)37/h18-19,21-26,37-38H,2-17,20H2,1H3. The average molecular weight is 550 g/mol. The zero-order valence-electron chi connectivity index (χ0n) is 23.8. The lowest BCUT2D eigenvalue weighted by Crippen LogP contribution is -1.92. The summed E-state index contributed by atoms with van der Waals surface area (Å²) in [7, 11) is 0. The van der Waals surface area contributed by atoms with Crippen molar-refractivity contribution in [3.05, 3.63) is 53.5 Å². The van der Waals surface area contributed by atoms with E-state index in [1.807, 2.05) is 11.4 Å². The van der Waals surface area contributed by atoms with E-state index in [1.165, 1.54) is 108 Å². The Morgan fingerprint density at radius 2 is 1.26 bits per heavy atom. The molecule has 1 heterocycles.